The van der Waals surface area contributed by atoms with E-state index in [-0.39, 0.29) is 19.6 Å². The van der Waals surface area contributed by atoms with Gasteiger partial charge in [0.05, 0.1) is 0 Å². The summed E-state index contributed by atoms with van der Waals surface area (Å²) in [7, 11) is -0.967. The van der Waals surface area contributed by atoms with Gasteiger partial charge in [-0.1, -0.05) is 6.92 Å². The first-order chi connectivity index (χ1) is 8.01. The number of aliphatic carboxylic acids is 1. The molecule has 0 aliphatic heterocycles. The van der Waals surface area contributed by atoms with Crippen LogP contribution in [0.15, 0.2) is 0 Å². The summed E-state index contributed by atoms with van der Waals surface area (Å²) in [6.45, 7) is 1.67. The topological polar surface area (TPSA) is 116 Å². The fraction of sp³-hybridized carbons (Fsp3) is 0.778. The number of carboxylic acids is 1. The predicted molar refractivity (Wildman–Crippen MR) is 63.2 cm³/mol. The Morgan fingerprint density at radius 3 is 2.53 bits per heavy atom. The second kappa shape index (κ2) is 8.94. The van der Waals surface area contributed by atoms with Gasteiger partial charge in [0.2, 0.25) is 0 Å². The molecule has 0 bridgehead atoms. The van der Waals surface area contributed by atoms with Crippen LogP contribution in [0.3, 0.4) is 0 Å². The number of hydrogen-bond donors (Lipinski definition) is 4. The molecule has 7 nitrogen and oxygen atoms in total. The van der Waals surface area contributed by atoms with E-state index in [4.69, 9.17) is 10.2 Å². The Hall–Kier alpha value is -1.15. The molecular weight excluding hydrogens is 248 g/mol. The fourth-order valence-electron chi connectivity index (χ4n) is 1.02. The molecule has 0 fully saturated rings. The summed E-state index contributed by atoms with van der Waals surface area (Å²) in [6.07, 6.45) is -0.0519. The van der Waals surface area contributed by atoms with Crippen molar-refractivity contribution in [2.75, 3.05) is 24.7 Å². The van der Waals surface area contributed by atoms with Crippen molar-refractivity contribution in [3.05, 3.63) is 0 Å². The van der Waals surface area contributed by atoms with Crippen LogP contribution in [0.5, 0.6) is 0 Å². The summed E-state index contributed by atoms with van der Waals surface area (Å²) in [5.74, 6) is -0.348. The monoisotopic (exact) mass is 266 g/mol. The van der Waals surface area contributed by atoms with E-state index in [0.29, 0.717) is 11.5 Å². The summed E-state index contributed by atoms with van der Waals surface area (Å²) in [5.41, 5.74) is 0. The highest BCUT2D eigenvalue weighted by Gasteiger charge is 2.18. The molecular formula is C9H18N2O5S. The predicted octanol–water partition coefficient (Wildman–Crippen LogP) is -1.11. The van der Waals surface area contributed by atoms with Crippen LogP contribution in [0, 0.1) is 0 Å². The molecule has 1 unspecified atom stereocenters. The molecule has 0 rings (SSSR count). The van der Waals surface area contributed by atoms with E-state index >= 15 is 0 Å². The Bertz CT molecular complexity index is 285. The summed E-state index contributed by atoms with van der Waals surface area (Å²) in [6, 6.07) is -1.75. The van der Waals surface area contributed by atoms with Gasteiger partial charge < -0.3 is 20.8 Å². The van der Waals surface area contributed by atoms with E-state index in [1.54, 1.807) is 6.92 Å². The molecule has 0 aliphatic carbocycles. The van der Waals surface area contributed by atoms with Crippen LogP contribution in [0.2, 0.25) is 0 Å². The second-order valence-corrected chi connectivity index (χ2v) is 5.10. The molecule has 0 aliphatic rings. The molecule has 2 atom stereocenters. The smallest absolute Gasteiger partial charge is 0.326 e. The number of aliphatic hydroxyl groups is 1. The quantitative estimate of drug-likeness (QED) is 0.444. The summed E-state index contributed by atoms with van der Waals surface area (Å²) >= 11 is 0. The minimum absolute atomic E-state index is 0.0519. The normalized spacial score (nSPS) is 13.8. The third kappa shape index (κ3) is 7.70. The van der Waals surface area contributed by atoms with Crippen molar-refractivity contribution in [2.45, 2.75) is 19.4 Å². The lowest BCUT2D eigenvalue weighted by atomic mass is 10.2. The molecule has 2 amide bonds. The van der Waals surface area contributed by atoms with E-state index in [2.05, 4.69) is 10.6 Å². The van der Waals surface area contributed by atoms with Gasteiger partial charge in [-0.2, -0.15) is 0 Å². The number of carbonyl (C=O) groups is 2. The Morgan fingerprint density at radius 1 is 1.41 bits per heavy atom. The maximum absolute atomic E-state index is 11.2. The van der Waals surface area contributed by atoms with Crippen LogP contribution in [0.25, 0.3) is 0 Å². The number of nitrogens with one attached hydrogen (secondary N) is 2. The van der Waals surface area contributed by atoms with Gasteiger partial charge in [0.15, 0.2) is 0 Å². The van der Waals surface area contributed by atoms with Crippen molar-refractivity contribution in [1.29, 1.82) is 0 Å². The molecule has 0 aromatic carbocycles. The molecule has 17 heavy (non-hydrogen) atoms. The number of rotatable bonds is 8. The van der Waals surface area contributed by atoms with Crippen LogP contribution in [-0.2, 0) is 15.6 Å². The molecule has 0 heterocycles. The zero-order chi connectivity index (χ0) is 13.3. The zero-order valence-corrected chi connectivity index (χ0v) is 10.5. The van der Waals surface area contributed by atoms with Crippen molar-refractivity contribution >= 4 is 22.8 Å². The van der Waals surface area contributed by atoms with Gasteiger partial charge in [0.1, 0.15) is 6.04 Å². The number of amides is 2. The van der Waals surface area contributed by atoms with E-state index in [9.17, 15) is 13.8 Å². The Morgan fingerprint density at radius 2 is 2.06 bits per heavy atom. The maximum Gasteiger partial charge on any atom is 0.326 e. The third-order valence-electron chi connectivity index (χ3n) is 1.96. The van der Waals surface area contributed by atoms with E-state index in [1.165, 1.54) is 0 Å². The SMILES string of the molecule is CCS(=O)CCNC(=O)N[C@@H](CCO)C(=O)O. The second-order valence-electron chi connectivity index (χ2n) is 3.24. The Labute approximate surface area is 102 Å². The highest BCUT2D eigenvalue weighted by molar-refractivity contribution is 7.84. The molecule has 4 N–H and O–H groups in total. The van der Waals surface area contributed by atoms with Crippen LogP contribution in [-0.4, -0.2) is 57.1 Å². The first-order valence-electron chi connectivity index (χ1n) is 5.24. The largest absolute Gasteiger partial charge is 0.480 e. The Balaban J connectivity index is 3.90. The number of hydrogen-bond acceptors (Lipinski definition) is 4. The van der Waals surface area contributed by atoms with Gasteiger partial charge in [-0.3, -0.25) is 4.21 Å². The number of urea groups is 1. The number of carbonyl (C=O) groups excluding carboxylic acids is 1. The van der Waals surface area contributed by atoms with Crippen LogP contribution in [0.1, 0.15) is 13.3 Å². The lowest BCUT2D eigenvalue weighted by Gasteiger charge is -2.13. The lowest BCUT2D eigenvalue weighted by molar-refractivity contribution is -0.139. The van der Waals surface area contributed by atoms with E-state index in [1.807, 2.05) is 0 Å². The minimum atomic E-state index is -1.20. The van der Waals surface area contributed by atoms with E-state index < -0.39 is 28.8 Å². The van der Waals surface area contributed by atoms with Crippen molar-refractivity contribution in [2.24, 2.45) is 0 Å². The van der Waals surface area contributed by atoms with Gasteiger partial charge in [-0.05, 0) is 0 Å². The average Bonchev–Trinajstić information content (AvgIpc) is 2.28. The van der Waals surface area contributed by atoms with Crippen LogP contribution in [0.4, 0.5) is 4.79 Å². The molecule has 0 saturated carbocycles. The van der Waals surface area contributed by atoms with Gasteiger partial charge >= 0.3 is 12.0 Å². The Kier molecular flexibility index (Phi) is 8.34. The standard InChI is InChI=1S/C9H18N2O5S/c1-2-17(16)6-4-10-9(15)11-7(3-5-12)8(13)14/h7,12H,2-6H2,1H3,(H,13,14)(H2,10,11,15)/t7-,17?/m0/s1. The van der Waals surface area contributed by atoms with Crippen LogP contribution >= 0.6 is 0 Å². The number of carboxylic acid groups (broad SMARTS) is 1. The van der Waals surface area contributed by atoms with Crippen LogP contribution < -0.4 is 10.6 Å². The average molecular weight is 266 g/mol. The highest BCUT2D eigenvalue weighted by atomic mass is 32.2. The molecule has 100 valence electrons. The minimum Gasteiger partial charge on any atom is -0.480 e. The van der Waals surface area contributed by atoms with Gasteiger partial charge in [-0.15, -0.1) is 0 Å². The summed E-state index contributed by atoms with van der Waals surface area (Å²) < 4.78 is 11.0. The summed E-state index contributed by atoms with van der Waals surface area (Å²) in [4.78, 5) is 21.9. The van der Waals surface area contributed by atoms with Gasteiger partial charge in [-0.25, -0.2) is 9.59 Å². The molecule has 0 aromatic heterocycles. The molecule has 0 aromatic rings. The molecule has 0 radical (unpaired) electrons. The maximum atomic E-state index is 11.2. The van der Waals surface area contributed by atoms with Crippen molar-refractivity contribution in [3.8, 4) is 0 Å². The van der Waals surface area contributed by atoms with Gasteiger partial charge in [0, 0.05) is 41.9 Å². The fourth-order valence-corrected chi connectivity index (χ4v) is 1.64. The first kappa shape index (κ1) is 15.9. The van der Waals surface area contributed by atoms with Crippen molar-refractivity contribution in [1.82, 2.24) is 10.6 Å². The molecule has 0 spiro atoms. The third-order valence-corrected chi connectivity index (χ3v) is 3.26. The van der Waals surface area contributed by atoms with Gasteiger partial charge in [0.25, 0.3) is 0 Å². The lowest BCUT2D eigenvalue weighted by Crippen LogP contribution is -2.47. The van der Waals surface area contributed by atoms with Crippen molar-refractivity contribution < 1.29 is 24.0 Å². The molecule has 0 saturated heterocycles. The van der Waals surface area contributed by atoms with E-state index in [0.717, 1.165) is 0 Å². The first-order valence-corrected chi connectivity index (χ1v) is 6.73. The zero-order valence-electron chi connectivity index (χ0n) is 9.64. The van der Waals surface area contributed by atoms with Crippen molar-refractivity contribution in [3.63, 3.8) is 0 Å². The summed E-state index contributed by atoms with van der Waals surface area (Å²) in [5, 5.41) is 21.9. The highest BCUT2D eigenvalue weighted by Crippen LogP contribution is 1.91. The number of aliphatic hydroxyl groups excluding tert-OH is 1. The molecule has 8 heteroatoms.